The SMILES string of the molecule is [C-]#[N+]c1cc(F)ccc1N1CCC(CN)CC1. The topological polar surface area (TPSA) is 33.6 Å². The molecule has 0 aromatic heterocycles. The Morgan fingerprint density at radius 3 is 2.71 bits per heavy atom. The quantitative estimate of drug-likeness (QED) is 0.796. The summed E-state index contributed by atoms with van der Waals surface area (Å²) < 4.78 is 13.0. The van der Waals surface area contributed by atoms with Crippen molar-refractivity contribution in [2.24, 2.45) is 11.7 Å². The third-order valence-electron chi connectivity index (χ3n) is 3.35. The van der Waals surface area contributed by atoms with E-state index in [2.05, 4.69) is 9.74 Å². The van der Waals surface area contributed by atoms with E-state index in [1.54, 1.807) is 6.07 Å². The number of nitrogens with two attached hydrogens (primary N) is 1. The fraction of sp³-hybridized carbons (Fsp3) is 0.462. The molecule has 0 aliphatic carbocycles. The Morgan fingerprint density at radius 1 is 1.41 bits per heavy atom. The van der Waals surface area contributed by atoms with Crippen molar-refractivity contribution in [3.63, 3.8) is 0 Å². The molecule has 0 atom stereocenters. The zero-order valence-corrected chi connectivity index (χ0v) is 9.69. The van der Waals surface area contributed by atoms with E-state index >= 15 is 0 Å². The summed E-state index contributed by atoms with van der Waals surface area (Å²) in [7, 11) is 0. The molecule has 2 N–H and O–H groups in total. The molecule has 0 amide bonds. The Hall–Kier alpha value is -1.60. The molecule has 17 heavy (non-hydrogen) atoms. The van der Waals surface area contributed by atoms with Crippen molar-refractivity contribution in [3.05, 3.63) is 35.4 Å². The van der Waals surface area contributed by atoms with Crippen LogP contribution in [0.2, 0.25) is 0 Å². The Labute approximate surface area is 101 Å². The van der Waals surface area contributed by atoms with Gasteiger partial charge in [-0.3, -0.25) is 0 Å². The molecule has 0 radical (unpaired) electrons. The molecule has 0 unspecified atom stereocenters. The van der Waals surface area contributed by atoms with E-state index in [1.165, 1.54) is 12.1 Å². The van der Waals surface area contributed by atoms with Gasteiger partial charge in [-0.05, 0) is 43.5 Å². The van der Waals surface area contributed by atoms with Gasteiger partial charge in [-0.1, -0.05) is 0 Å². The summed E-state index contributed by atoms with van der Waals surface area (Å²) >= 11 is 0. The Bertz CT molecular complexity index is 431. The number of hydrogen-bond acceptors (Lipinski definition) is 2. The standard InChI is InChI=1S/C13H16FN3/c1-16-12-8-11(14)2-3-13(12)17-6-4-10(9-15)5-7-17/h2-3,8,10H,4-7,9,15H2. The molecular formula is C13H16FN3. The third kappa shape index (κ3) is 2.56. The second-order valence-electron chi connectivity index (χ2n) is 4.41. The van der Waals surface area contributed by atoms with Gasteiger partial charge >= 0.3 is 0 Å². The van der Waals surface area contributed by atoms with Crippen LogP contribution in [-0.2, 0) is 0 Å². The highest BCUT2D eigenvalue weighted by molar-refractivity contribution is 5.71. The average Bonchev–Trinajstić information content (AvgIpc) is 2.39. The predicted molar refractivity (Wildman–Crippen MR) is 66.7 cm³/mol. The number of anilines is 1. The number of benzene rings is 1. The first-order chi connectivity index (χ1) is 8.24. The number of rotatable bonds is 2. The Balaban J connectivity index is 2.16. The summed E-state index contributed by atoms with van der Waals surface area (Å²) in [5, 5.41) is 0. The molecule has 1 saturated heterocycles. The lowest BCUT2D eigenvalue weighted by atomic mass is 9.96. The summed E-state index contributed by atoms with van der Waals surface area (Å²) in [6.07, 6.45) is 2.09. The van der Waals surface area contributed by atoms with Crippen molar-refractivity contribution < 1.29 is 4.39 Å². The Morgan fingerprint density at radius 2 is 2.12 bits per heavy atom. The molecule has 0 saturated carbocycles. The van der Waals surface area contributed by atoms with Gasteiger partial charge < -0.3 is 10.6 Å². The third-order valence-corrected chi connectivity index (χ3v) is 3.35. The highest BCUT2D eigenvalue weighted by Gasteiger charge is 2.20. The minimum atomic E-state index is -0.350. The van der Waals surface area contributed by atoms with Gasteiger partial charge in [0.15, 0.2) is 0 Å². The lowest BCUT2D eigenvalue weighted by Crippen LogP contribution is -2.36. The molecule has 0 bridgehead atoms. The van der Waals surface area contributed by atoms with Gasteiger partial charge in [0.05, 0.1) is 6.57 Å². The molecule has 4 heteroatoms. The molecule has 0 spiro atoms. The highest BCUT2D eigenvalue weighted by Crippen LogP contribution is 2.32. The van der Waals surface area contributed by atoms with Crippen molar-refractivity contribution in [1.29, 1.82) is 0 Å². The first-order valence-corrected chi connectivity index (χ1v) is 5.86. The van der Waals surface area contributed by atoms with Gasteiger partial charge in [0.25, 0.3) is 0 Å². The summed E-state index contributed by atoms with van der Waals surface area (Å²) in [5.41, 5.74) is 6.89. The lowest BCUT2D eigenvalue weighted by molar-refractivity contribution is 0.415. The number of hydrogen-bond donors (Lipinski definition) is 1. The molecule has 1 aliphatic heterocycles. The number of piperidine rings is 1. The summed E-state index contributed by atoms with van der Waals surface area (Å²) in [6.45, 7) is 9.61. The second-order valence-corrected chi connectivity index (χ2v) is 4.41. The fourth-order valence-electron chi connectivity index (χ4n) is 2.26. The number of halogens is 1. The van der Waals surface area contributed by atoms with Crippen LogP contribution in [0, 0.1) is 18.3 Å². The maximum Gasteiger partial charge on any atom is 0.212 e. The van der Waals surface area contributed by atoms with Gasteiger partial charge in [-0.2, -0.15) is 0 Å². The van der Waals surface area contributed by atoms with E-state index in [0.717, 1.165) is 38.2 Å². The molecule has 90 valence electrons. The van der Waals surface area contributed by atoms with Gasteiger partial charge in [0, 0.05) is 18.8 Å². The molecule has 1 aliphatic rings. The zero-order chi connectivity index (χ0) is 12.3. The van der Waals surface area contributed by atoms with E-state index in [9.17, 15) is 4.39 Å². The summed E-state index contributed by atoms with van der Waals surface area (Å²) in [6, 6.07) is 4.42. The van der Waals surface area contributed by atoms with Crippen LogP contribution in [0.5, 0.6) is 0 Å². The van der Waals surface area contributed by atoms with Crippen LogP contribution in [-0.4, -0.2) is 19.6 Å². The molecule has 2 rings (SSSR count). The van der Waals surface area contributed by atoms with Crippen molar-refractivity contribution >= 4 is 11.4 Å². The van der Waals surface area contributed by atoms with Crippen LogP contribution in [0.1, 0.15) is 12.8 Å². The average molecular weight is 233 g/mol. The fourth-order valence-corrected chi connectivity index (χ4v) is 2.26. The van der Waals surface area contributed by atoms with Crippen molar-refractivity contribution in [1.82, 2.24) is 0 Å². The predicted octanol–water partition coefficient (Wildman–Crippen LogP) is 2.55. The van der Waals surface area contributed by atoms with Crippen LogP contribution in [0.3, 0.4) is 0 Å². The molecule has 1 aromatic rings. The summed E-state index contributed by atoms with van der Waals surface area (Å²) in [4.78, 5) is 5.54. The van der Waals surface area contributed by atoms with Gasteiger partial charge in [-0.15, -0.1) is 0 Å². The largest absolute Gasteiger partial charge is 0.380 e. The van der Waals surface area contributed by atoms with Crippen LogP contribution >= 0.6 is 0 Å². The van der Waals surface area contributed by atoms with Crippen LogP contribution in [0.15, 0.2) is 18.2 Å². The first kappa shape index (κ1) is 11.9. The lowest BCUT2D eigenvalue weighted by Gasteiger charge is -2.33. The molecule has 1 heterocycles. The number of nitrogens with zero attached hydrogens (tertiary/aromatic N) is 2. The Kier molecular flexibility index (Phi) is 3.60. The van der Waals surface area contributed by atoms with Crippen LogP contribution in [0.4, 0.5) is 15.8 Å². The molecule has 3 nitrogen and oxygen atoms in total. The maximum absolute atomic E-state index is 13.0. The van der Waals surface area contributed by atoms with Crippen molar-refractivity contribution in [2.75, 3.05) is 24.5 Å². The first-order valence-electron chi connectivity index (χ1n) is 5.86. The summed E-state index contributed by atoms with van der Waals surface area (Å²) in [5.74, 6) is 0.236. The maximum atomic E-state index is 13.0. The van der Waals surface area contributed by atoms with Crippen molar-refractivity contribution in [2.45, 2.75) is 12.8 Å². The van der Waals surface area contributed by atoms with Gasteiger partial charge in [-0.25, -0.2) is 9.24 Å². The van der Waals surface area contributed by atoms with E-state index < -0.39 is 0 Å². The normalized spacial score (nSPS) is 16.9. The van der Waals surface area contributed by atoms with Crippen molar-refractivity contribution in [3.8, 4) is 0 Å². The van der Waals surface area contributed by atoms with E-state index in [-0.39, 0.29) is 5.82 Å². The molecule has 1 fully saturated rings. The van der Waals surface area contributed by atoms with Crippen LogP contribution < -0.4 is 10.6 Å². The minimum Gasteiger partial charge on any atom is -0.380 e. The second kappa shape index (κ2) is 5.15. The van der Waals surface area contributed by atoms with Crippen LogP contribution in [0.25, 0.3) is 4.85 Å². The molecule has 1 aromatic carbocycles. The van der Waals surface area contributed by atoms with E-state index in [1.807, 2.05) is 0 Å². The van der Waals surface area contributed by atoms with Gasteiger partial charge in [0.2, 0.25) is 5.69 Å². The zero-order valence-electron chi connectivity index (χ0n) is 9.69. The molecular weight excluding hydrogens is 217 g/mol. The highest BCUT2D eigenvalue weighted by atomic mass is 19.1. The van der Waals surface area contributed by atoms with Gasteiger partial charge in [0.1, 0.15) is 5.82 Å². The minimum absolute atomic E-state index is 0.350. The monoisotopic (exact) mass is 233 g/mol. The smallest absolute Gasteiger partial charge is 0.212 e. The van der Waals surface area contributed by atoms with E-state index in [0.29, 0.717) is 11.6 Å². The van der Waals surface area contributed by atoms with E-state index in [4.69, 9.17) is 12.3 Å².